The predicted octanol–water partition coefficient (Wildman–Crippen LogP) is 0.513. The van der Waals surface area contributed by atoms with Gasteiger partial charge in [0, 0.05) is 50.4 Å². The third-order valence-corrected chi connectivity index (χ3v) is 6.50. The number of piperazine rings is 1. The van der Waals surface area contributed by atoms with Crippen molar-refractivity contribution in [3.63, 3.8) is 0 Å². The van der Waals surface area contributed by atoms with Crippen LogP contribution >= 0.6 is 0 Å². The Morgan fingerprint density at radius 1 is 1.16 bits per heavy atom. The molecule has 3 fully saturated rings. The van der Waals surface area contributed by atoms with E-state index < -0.39 is 0 Å². The van der Waals surface area contributed by atoms with E-state index in [9.17, 15) is 19.5 Å². The number of benzene rings is 1. The Kier molecular flexibility index (Phi) is 6.72. The van der Waals surface area contributed by atoms with Crippen LogP contribution in [-0.4, -0.2) is 83.2 Å². The molecule has 9 heteroatoms. The van der Waals surface area contributed by atoms with Crippen LogP contribution in [0.5, 0.6) is 0 Å². The Balaban J connectivity index is 1.28. The van der Waals surface area contributed by atoms with E-state index >= 15 is 0 Å². The van der Waals surface area contributed by atoms with E-state index in [1.54, 1.807) is 0 Å². The van der Waals surface area contributed by atoms with Crippen LogP contribution in [0.2, 0.25) is 0 Å². The third-order valence-electron chi connectivity index (χ3n) is 6.50. The summed E-state index contributed by atoms with van der Waals surface area (Å²) in [5, 5.41) is 18.4. The second-order valence-corrected chi connectivity index (χ2v) is 8.66. The number of piperidine rings is 1. The number of hydrogen-bond acceptors (Lipinski definition) is 5. The van der Waals surface area contributed by atoms with Crippen LogP contribution < -0.4 is 16.0 Å². The lowest BCUT2D eigenvalue weighted by molar-refractivity contribution is -0.134. The van der Waals surface area contributed by atoms with Crippen LogP contribution in [-0.2, 0) is 9.59 Å². The standard InChI is InChI=1S/C22H31N5O4/c28-18-8-10-26(11-9-18)20(29)7-6-17-13-23-21(30)19-12-16(14-27(17)19)25-22(31)24-15-4-2-1-3-5-15/h1-5,16-19,28H,6-14H2,(H,23,30)(H2,24,25,31)/t16-,17+,19-/m0/s1. The molecule has 1 aromatic carbocycles. The van der Waals surface area contributed by atoms with Gasteiger partial charge in [-0.15, -0.1) is 0 Å². The summed E-state index contributed by atoms with van der Waals surface area (Å²) in [4.78, 5) is 41.2. The lowest BCUT2D eigenvalue weighted by Gasteiger charge is -2.37. The number of urea groups is 1. The maximum absolute atomic E-state index is 12.6. The van der Waals surface area contributed by atoms with Gasteiger partial charge in [0.15, 0.2) is 0 Å². The first-order chi connectivity index (χ1) is 15.0. The average molecular weight is 430 g/mol. The van der Waals surface area contributed by atoms with Crippen molar-refractivity contribution in [3.8, 4) is 0 Å². The van der Waals surface area contributed by atoms with Gasteiger partial charge in [-0.25, -0.2) is 4.79 Å². The van der Waals surface area contributed by atoms with Crippen LogP contribution in [0, 0.1) is 0 Å². The Morgan fingerprint density at radius 3 is 2.65 bits per heavy atom. The van der Waals surface area contributed by atoms with E-state index in [1.807, 2.05) is 35.2 Å². The lowest BCUT2D eigenvalue weighted by atomic mass is 10.0. The number of rotatable bonds is 5. The van der Waals surface area contributed by atoms with Crippen LogP contribution in [0.15, 0.2) is 30.3 Å². The maximum Gasteiger partial charge on any atom is 0.319 e. The number of carbonyl (C=O) groups is 3. The third kappa shape index (κ3) is 5.34. The number of hydrogen-bond donors (Lipinski definition) is 4. The van der Waals surface area contributed by atoms with Gasteiger partial charge >= 0.3 is 6.03 Å². The molecule has 1 aromatic rings. The molecule has 0 aromatic heterocycles. The first-order valence-corrected chi connectivity index (χ1v) is 11.1. The van der Waals surface area contributed by atoms with Crippen molar-refractivity contribution in [2.75, 3.05) is 31.5 Å². The van der Waals surface area contributed by atoms with Crippen LogP contribution in [0.1, 0.15) is 32.1 Å². The molecule has 0 saturated carbocycles. The molecule has 9 nitrogen and oxygen atoms in total. The molecule has 31 heavy (non-hydrogen) atoms. The number of likely N-dealkylation sites (tertiary alicyclic amines) is 1. The number of nitrogens with one attached hydrogen (secondary N) is 3. The molecule has 3 atom stereocenters. The molecule has 0 unspecified atom stereocenters. The fourth-order valence-corrected chi connectivity index (χ4v) is 4.79. The van der Waals surface area contributed by atoms with Gasteiger partial charge in [0.1, 0.15) is 0 Å². The summed E-state index contributed by atoms with van der Waals surface area (Å²) in [6.45, 7) is 2.33. The number of aliphatic hydroxyl groups excluding tert-OH is 1. The average Bonchev–Trinajstić information content (AvgIpc) is 3.19. The van der Waals surface area contributed by atoms with Crippen LogP contribution in [0.25, 0.3) is 0 Å². The van der Waals surface area contributed by atoms with Gasteiger partial charge in [-0.2, -0.15) is 0 Å². The van der Waals surface area contributed by atoms with Gasteiger partial charge in [-0.05, 0) is 37.8 Å². The zero-order chi connectivity index (χ0) is 21.8. The van der Waals surface area contributed by atoms with Gasteiger partial charge in [0.25, 0.3) is 0 Å². The number of amides is 4. The zero-order valence-electron chi connectivity index (χ0n) is 17.6. The first-order valence-electron chi connectivity index (χ1n) is 11.1. The van der Waals surface area contributed by atoms with E-state index in [0.29, 0.717) is 58.3 Å². The number of carbonyl (C=O) groups excluding carboxylic acids is 3. The Morgan fingerprint density at radius 2 is 1.90 bits per heavy atom. The van der Waals surface area contributed by atoms with Crippen molar-refractivity contribution in [2.45, 2.75) is 56.3 Å². The lowest BCUT2D eigenvalue weighted by Crippen LogP contribution is -2.58. The zero-order valence-corrected chi connectivity index (χ0v) is 17.6. The van der Waals surface area contributed by atoms with Crippen molar-refractivity contribution in [3.05, 3.63) is 30.3 Å². The minimum atomic E-state index is -0.300. The summed E-state index contributed by atoms with van der Waals surface area (Å²) in [7, 11) is 0. The van der Waals surface area contributed by atoms with E-state index in [-0.39, 0.29) is 42.1 Å². The molecule has 168 valence electrons. The largest absolute Gasteiger partial charge is 0.393 e. The van der Waals surface area contributed by atoms with Crippen molar-refractivity contribution in [1.29, 1.82) is 0 Å². The smallest absolute Gasteiger partial charge is 0.319 e. The highest BCUT2D eigenvalue weighted by Crippen LogP contribution is 2.26. The highest BCUT2D eigenvalue weighted by Gasteiger charge is 2.43. The molecule has 3 aliphatic rings. The topological polar surface area (TPSA) is 114 Å². The molecule has 0 aliphatic carbocycles. The van der Waals surface area contributed by atoms with Gasteiger partial charge < -0.3 is 26.0 Å². The van der Waals surface area contributed by atoms with E-state index in [0.717, 1.165) is 5.69 Å². The first kappa shape index (κ1) is 21.6. The molecular formula is C22H31N5O4. The fourth-order valence-electron chi connectivity index (χ4n) is 4.79. The van der Waals surface area contributed by atoms with Crippen LogP contribution in [0.4, 0.5) is 10.5 Å². The number of nitrogens with zero attached hydrogens (tertiary/aromatic N) is 2. The molecule has 4 N–H and O–H groups in total. The molecule has 0 spiro atoms. The van der Waals surface area contributed by atoms with Gasteiger partial charge in [-0.1, -0.05) is 18.2 Å². The van der Waals surface area contributed by atoms with E-state index in [4.69, 9.17) is 0 Å². The summed E-state index contributed by atoms with van der Waals surface area (Å²) in [6.07, 6.45) is 2.62. The Bertz CT molecular complexity index is 796. The summed E-state index contributed by atoms with van der Waals surface area (Å²) in [5.74, 6) is 0.0943. The molecule has 4 amide bonds. The maximum atomic E-state index is 12.6. The molecule has 0 bridgehead atoms. The van der Waals surface area contributed by atoms with E-state index in [1.165, 1.54) is 0 Å². The minimum Gasteiger partial charge on any atom is -0.393 e. The molecule has 4 rings (SSSR count). The van der Waals surface area contributed by atoms with E-state index in [2.05, 4.69) is 20.9 Å². The highest BCUT2D eigenvalue weighted by molar-refractivity contribution is 5.89. The fraction of sp³-hybridized carbons (Fsp3) is 0.591. The molecule has 3 heterocycles. The number of para-hydroxylation sites is 1. The quantitative estimate of drug-likeness (QED) is 0.545. The predicted molar refractivity (Wildman–Crippen MR) is 115 cm³/mol. The van der Waals surface area contributed by atoms with Crippen molar-refractivity contribution >= 4 is 23.5 Å². The second kappa shape index (κ2) is 9.65. The summed E-state index contributed by atoms with van der Waals surface area (Å²) < 4.78 is 0. The number of fused-ring (bicyclic) bond motifs is 1. The van der Waals surface area contributed by atoms with Crippen molar-refractivity contribution in [2.24, 2.45) is 0 Å². The number of aliphatic hydroxyl groups is 1. The van der Waals surface area contributed by atoms with Crippen LogP contribution in [0.3, 0.4) is 0 Å². The monoisotopic (exact) mass is 429 g/mol. The Hall–Kier alpha value is -2.65. The Labute approximate surface area is 182 Å². The van der Waals surface area contributed by atoms with Gasteiger partial charge in [0.2, 0.25) is 11.8 Å². The highest BCUT2D eigenvalue weighted by atomic mass is 16.3. The molecule has 3 aliphatic heterocycles. The molecule has 3 saturated heterocycles. The summed E-state index contributed by atoms with van der Waals surface area (Å²) in [5.41, 5.74) is 0.718. The second-order valence-electron chi connectivity index (χ2n) is 8.66. The molecular weight excluding hydrogens is 398 g/mol. The normalized spacial score (nSPS) is 26.8. The summed E-state index contributed by atoms with van der Waals surface area (Å²) in [6, 6.07) is 8.63. The van der Waals surface area contributed by atoms with Crippen molar-refractivity contribution < 1.29 is 19.5 Å². The molecule has 0 radical (unpaired) electrons. The van der Waals surface area contributed by atoms with Gasteiger partial charge in [0.05, 0.1) is 12.1 Å². The summed E-state index contributed by atoms with van der Waals surface area (Å²) >= 11 is 0. The van der Waals surface area contributed by atoms with Gasteiger partial charge in [-0.3, -0.25) is 14.5 Å². The number of anilines is 1. The minimum absolute atomic E-state index is 0.0136. The SMILES string of the molecule is O=C(Nc1ccccc1)N[C@H]1C[C@H]2C(=O)NC[C@@H](CCC(=O)N3CCC(O)CC3)N2C1. The van der Waals surface area contributed by atoms with Crippen molar-refractivity contribution in [1.82, 2.24) is 20.4 Å².